The molecule has 0 spiro atoms. The fraction of sp³-hybridized carbons (Fsp3) is 0.533. The highest BCUT2D eigenvalue weighted by Crippen LogP contribution is 2.38. The topological polar surface area (TPSA) is 48.3 Å². The van der Waals surface area contributed by atoms with Crippen LogP contribution >= 0.6 is 0 Å². The molecule has 2 aliphatic heterocycles. The van der Waals surface area contributed by atoms with E-state index in [1.165, 1.54) is 6.42 Å². The first-order chi connectivity index (χ1) is 9.27. The number of methoxy groups -OCH3 is 1. The maximum atomic E-state index is 9.68. The molecule has 1 aromatic carbocycles. The van der Waals surface area contributed by atoms with Gasteiger partial charge in [0.25, 0.3) is 0 Å². The second-order valence-corrected chi connectivity index (χ2v) is 5.38. The van der Waals surface area contributed by atoms with Gasteiger partial charge in [0.2, 0.25) is 0 Å². The van der Waals surface area contributed by atoms with E-state index >= 15 is 0 Å². The summed E-state index contributed by atoms with van der Waals surface area (Å²) in [7, 11) is 1.66. The maximum Gasteiger partial charge on any atom is 0.142 e. The summed E-state index contributed by atoms with van der Waals surface area (Å²) >= 11 is 0. The fourth-order valence-corrected chi connectivity index (χ4v) is 3.40. The van der Waals surface area contributed by atoms with E-state index in [-0.39, 0.29) is 0 Å². The monoisotopic (exact) mass is 257 g/mol. The lowest BCUT2D eigenvalue weighted by Crippen LogP contribution is -2.46. The number of benzene rings is 1. The number of rotatable bonds is 3. The van der Waals surface area contributed by atoms with Gasteiger partial charge >= 0.3 is 0 Å². The Morgan fingerprint density at radius 1 is 1.47 bits per heavy atom. The predicted octanol–water partition coefficient (Wildman–Crippen LogP) is 2.24. The molecule has 2 saturated heterocycles. The number of anilines is 1. The van der Waals surface area contributed by atoms with Crippen molar-refractivity contribution in [3.63, 3.8) is 0 Å². The highest BCUT2D eigenvalue weighted by molar-refractivity contribution is 5.53. The summed E-state index contributed by atoms with van der Waals surface area (Å²) in [4.78, 5) is 2.44. The van der Waals surface area contributed by atoms with Crippen LogP contribution in [0.4, 0.5) is 5.69 Å². The van der Waals surface area contributed by atoms with Crippen LogP contribution in [0.2, 0.25) is 0 Å². The SMILES string of the molecule is COc1cccc(NC2(C#N)CCN3CCCC32)c1. The van der Waals surface area contributed by atoms with Crippen LogP contribution in [0.1, 0.15) is 19.3 Å². The molecule has 1 aromatic rings. The fourth-order valence-electron chi connectivity index (χ4n) is 3.40. The summed E-state index contributed by atoms with van der Waals surface area (Å²) in [5, 5.41) is 13.1. The Bertz CT molecular complexity index is 510. The predicted molar refractivity (Wildman–Crippen MR) is 74.2 cm³/mol. The van der Waals surface area contributed by atoms with E-state index in [1.54, 1.807) is 7.11 Å². The molecule has 0 radical (unpaired) electrons. The number of fused-ring (bicyclic) bond motifs is 1. The Hall–Kier alpha value is -1.73. The van der Waals surface area contributed by atoms with Crippen molar-refractivity contribution in [2.45, 2.75) is 30.8 Å². The molecule has 100 valence electrons. The zero-order valence-corrected chi connectivity index (χ0v) is 11.2. The number of nitrogens with zero attached hydrogens (tertiary/aromatic N) is 2. The molecule has 0 aliphatic carbocycles. The van der Waals surface area contributed by atoms with Crippen molar-refractivity contribution >= 4 is 5.69 Å². The van der Waals surface area contributed by atoms with E-state index in [0.29, 0.717) is 6.04 Å². The van der Waals surface area contributed by atoms with Crippen molar-refractivity contribution in [1.82, 2.24) is 4.90 Å². The van der Waals surface area contributed by atoms with E-state index in [4.69, 9.17) is 4.74 Å². The highest BCUT2D eigenvalue weighted by Gasteiger charge is 2.49. The van der Waals surface area contributed by atoms with Crippen LogP contribution in [0, 0.1) is 11.3 Å². The molecule has 0 aromatic heterocycles. The normalized spacial score (nSPS) is 29.8. The molecule has 4 nitrogen and oxygen atoms in total. The third-order valence-corrected chi connectivity index (χ3v) is 4.36. The van der Waals surface area contributed by atoms with Crippen LogP contribution in [0.15, 0.2) is 24.3 Å². The lowest BCUT2D eigenvalue weighted by Gasteiger charge is -2.30. The molecule has 0 amide bonds. The Morgan fingerprint density at radius 2 is 2.37 bits per heavy atom. The van der Waals surface area contributed by atoms with Crippen LogP contribution in [0.5, 0.6) is 5.75 Å². The summed E-state index contributed by atoms with van der Waals surface area (Å²) in [6.07, 6.45) is 3.21. The third-order valence-electron chi connectivity index (χ3n) is 4.36. The van der Waals surface area contributed by atoms with Gasteiger partial charge < -0.3 is 10.1 Å². The molecule has 3 rings (SSSR count). The van der Waals surface area contributed by atoms with Crippen LogP contribution in [0.3, 0.4) is 0 Å². The molecule has 2 atom stereocenters. The van der Waals surface area contributed by atoms with Crippen LogP contribution in [-0.2, 0) is 0 Å². The van der Waals surface area contributed by atoms with E-state index in [2.05, 4.69) is 16.3 Å². The molecular formula is C15H19N3O. The second-order valence-electron chi connectivity index (χ2n) is 5.38. The molecule has 4 heteroatoms. The lowest BCUT2D eigenvalue weighted by molar-refractivity contribution is 0.301. The van der Waals surface area contributed by atoms with Gasteiger partial charge in [0.15, 0.2) is 0 Å². The molecule has 1 N–H and O–H groups in total. The zero-order chi connectivity index (χ0) is 13.3. The van der Waals surface area contributed by atoms with Gasteiger partial charge in [-0.1, -0.05) is 6.07 Å². The van der Waals surface area contributed by atoms with Crippen LogP contribution in [-0.4, -0.2) is 36.7 Å². The summed E-state index contributed by atoms with van der Waals surface area (Å²) in [5.74, 6) is 0.819. The standard InChI is InChI=1S/C15H19N3O/c1-19-13-5-2-4-12(10-13)17-15(11-16)7-9-18-8-3-6-14(15)18/h2,4-5,10,14,17H,3,6-9H2,1H3. The summed E-state index contributed by atoms with van der Waals surface area (Å²) < 4.78 is 5.24. The number of hydrogen-bond donors (Lipinski definition) is 1. The van der Waals surface area contributed by atoms with E-state index in [9.17, 15) is 5.26 Å². The molecule has 19 heavy (non-hydrogen) atoms. The quantitative estimate of drug-likeness (QED) is 0.902. The van der Waals surface area contributed by atoms with E-state index in [1.807, 2.05) is 24.3 Å². The molecule has 2 unspecified atom stereocenters. The van der Waals surface area contributed by atoms with Gasteiger partial charge in [-0.2, -0.15) is 5.26 Å². The first-order valence-electron chi connectivity index (χ1n) is 6.85. The smallest absolute Gasteiger partial charge is 0.142 e. The average Bonchev–Trinajstić information content (AvgIpc) is 3.03. The highest BCUT2D eigenvalue weighted by atomic mass is 16.5. The lowest BCUT2D eigenvalue weighted by atomic mass is 9.90. The Labute approximate surface area is 114 Å². The third kappa shape index (κ3) is 2.04. The van der Waals surface area contributed by atoms with Gasteiger partial charge in [-0.15, -0.1) is 0 Å². The van der Waals surface area contributed by atoms with Crippen molar-refractivity contribution in [3.05, 3.63) is 24.3 Å². The van der Waals surface area contributed by atoms with Crippen LogP contribution in [0.25, 0.3) is 0 Å². The minimum atomic E-state index is -0.442. The summed E-state index contributed by atoms with van der Waals surface area (Å²) in [6, 6.07) is 10.7. The molecule has 0 saturated carbocycles. The number of hydrogen-bond acceptors (Lipinski definition) is 4. The average molecular weight is 257 g/mol. The van der Waals surface area contributed by atoms with Crippen LogP contribution < -0.4 is 10.1 Å². The number of ether oxygens (including phenoxy) is 1. The minimum absolute atomic E-state index is 0.351. The van der Waals surface area contributed by atoms with Gasteiger partial charge in [-0.3, -0.25) is 4.90 Å². The summed E-state index contributed by atoms with van der Waals surface area (Å²) in [5.41, 5.74) is 0.526. The van der Waals surface area contributed by atoms with Gasteiger partial charge in [0.1, 0.15) is 11.3 Å². The van der Waals surface area contributed by atoms with E-state index in [0.717, 1.165) is 37.4 Å². The van der Waals surface area contributed by atoms with Gasteiger partial charge in [-0.25, -0.2) is 0 Å². The first kappa shape index (κ1) is 12.3. The summed E-state index contributed by atoms with van der Waals surface area (Å²) in [6.45, 7) is 2.16. The Balaban J connectivity index is 1.85. The Kier molecular flexibility index (Phi) is 3.08. The molecule has 0 bridgehead atoms. The Morgan fingerprint density at radius 3 is 3.16 bits per heavy atom. The minimum Gasteiger partial charge on any atom is -0.497 e. The number of nitrogens with one attached hydrogen (secondary N) is 1. The van der Waals surface area contributed by atoms with Crippen molar-refractivity contribution in [1.29, 1.82) is 5.26 Å². The zero-order valence-electron chi connectivity index (χ0n) is 11.2. The molecule has 2 aliphatic rings. The van der Waals surface area contributed by atoms with Crippen molar-refractivity contribution in [3.8, 4) is 11.8 Å². The van der Waals surface area contributed by atoms with Crippen molar-refractivity contribution in [2.24, 2.45) is 0 Å². The maximum absolute atomic E-state index is 9.68. The van der Waals surface area contributed by atoms with Gasteiger partial charge in [-0.05, 0) is 37.9 Å². The number of nitriles is 1. The largest absolute Gasteiger partial charge is 0.497 e. The van der Waals surface area contributed by atoms with E-state index < -0.39 is 5.54 Å². The van der Waals surface area contributed by atoms with Gasteiger partial charge in [0, 0.05) is 24.3 Å². The molecule has 2 fully saturated rings. The van der Waals surface area contributed by atoms with Crippen molar-refractivity contribution < 1.29 is 4.74 Å². The first-order valence-corrected chi connectivity index (χ1v) is 6.85. The molecule has 2 heterocycles. The van der Waals surface area contributed by atoms with Crippen molar-refractivity contribution in [2.75, 3.05) is 25.5 Å². The second kappa shape index (κ2) is 4.75. The molecular weight excluding hydrogens is 238 g/mol. The van der Waals surface area contributed by atoms with Gasteiger partial charge in [0.05, 0.1) is 13.2 Å².